The molecule has 0 fully saturated rings. The number of hydrogen-bond acceptors (Lipinski definition) is 5. The first kappa shape index (κ1) is 76.2. The second-order valence-corrected chi connectivity index (χ2v) is 26.7. The van der Waals surface area contributed by atoms with E-state index in [1.54, 1.807) is 6.08 Å². The highest BCUT2D eigenvalue weighted by molar-refractivity contribution is 7.47. The molecule has 0 rings (SSSR count). The minimum atomic E-state index is -4.35. The molecular formula is C68H138N2O6P+. The van der Waals surface area contributed by atoms with Crippen molar-refractivity contribution in [2.24, 2.45) is 0 Å². The number of aliphatic hydroxyl groups excluding tert-OH is 1. The Morgan fingerprint density at radius 1 is 0.429 bits per heavy atom. The van der Waals surface area contributed by atoms with Gasteiger partial charge in [-0.05, 0) is 19.3 Å². The molecule has 0 saturated carbocycles. The van der Waals surface area contributed by atoms with Gasteiger partial charge in [0.15, 0.2) is 0 Å². The number of likely N-dealkylation sites (N-methyl/N-ethyl adjacent to an activating group) is 1. The van der Waals surface area contributed by atoms with E-state index in [2.05, 4.69) is 19.2 Å². The van der Waals surface area contributed by atoms with Crippen LogP contribution in [0.1, 0.15) is 367 Å². The van der Waals surface area contributed by atoms with Gasteiger partial charge >= 0.3 is 7.82 Å². The summed E-state index contributed by atoms with van der Waals surface area (Å²) in [5.41, 5.74) is 0. The molecule has 77 heavy (non-hydrogen) atoms. The maximum absolute atomic E-state index is 13.0. The minimum absolute atomic E-state index is 0.0655. The van der Waals surface area contributed by atoms with Crippen molar-refractivity contribution in [1.29, 1.82) is 0 Å². The van der Waals surface area contributed by atoms with Crippen molar-refractivity contribution in [3.63, 3.8) is 0 Å². The number of rotatable bonds is 65. The number of allylic oxidation sites excluding steroid dienone is 1. The predicted octanol–water partition coefficient (Wildman–Crippen LogP) is 21.7. The van der Waals surface area contributed by atoms with Gasteiger partial charge in [0, 0.05) is 6.42 Å². The number of quaternary nitrogens is 1. The molecule has 0 bridgehead atoms. The summed E-state index contributed by atoms with van der Waals surface area (Å²) in [4.78, 5) is 23.4. The number of aliphatic hydroxyl groups is 1. The summed E-state index contributed by atoms with van der Waals surface area (Å²) in [6, 6.07) is -0.843. The first-order valence-corrected chi connectivity index (χ1v) is 36.1. The van der Waals surface area contributed by atoms with Gasteiger partial charge in [-0.25, -0.2) is 4.57 Å². The lowest BCUT2D eigenvalue weighted by atomic mass is 10.0. The quantitative estimate of drug-likeness (QED) is 0.0243. The van der Waals surface area contributed by atoms with Crippen molar-refractivity contribution in [2.45, 2.75) is 379 Å². The molecule has 0 heterocycles. The molecule has 0 aromatic heterocycles. The van der Waals surface area contributed by atoms with Crippen LogP contribution in [-0.4, -0.2) is 73.4 Å². The Balaban J connectivity index is 4.04. The third-order valence-electron chi connectivity index (χ3n) is 16.3. The molecule has 0 aromatic carbocycles. The van der Waals surface area contributed by atoms with E-state index in [1.165, 1.54) is 315 Å². The molecule has 0 spiro atoms. The van der Waals surface area contributed by atoms with E-state index < -0.39 is 20.0 Å². The van der Waals surface area contributed by atoms with Gasteiger partial charge in [0.05, 0.1) is 39.9 Å². The number of hydrogen-bond donors (Lipinski definition) is 3. The zero-order chi connectivity index (χ0) is 56.3. The molecule has 0 saturated heterocycles. The maximum atomic E-state index is 13.0. The summed E-state index contributed by atoms with van der Waals surface area (Å²) < 4.78 is 23.8. The summed E-state index contributed by atoms with van der Waals surface area (Å²) in [5.74, 6) is -0.167. The lowest BCUT2D eigenvalue weighted by Gasteiger charge is -2.25. The highest BCUT2D eigenvalue weighted by Crippen LogP contribution is 2.43. The molecule has 0 aromatic rings. The Morgan fingerprint density at radius 2 is 0.688 bits per heavy atom. The third-order valence-corrected chi connectivity index (χ3v) is 17.2. The molecule has 460 valence electrons. The van der Waals surface area contributed by atoms with Gasteiger partial charge in [0.1, 0.15) is 13.2 Å². The van der Waals surface area contributed by atoms with Crippen LogP contribution in [0.4, 0.5) is 0 Å². The molecule has 3 unspecified atom stereocenters. The molecule has 0 aliphatic heterocycles. The number of nitrogens with one attached hydrogen (secondary N) is 1. The fourth-order valence-corrected chi connectivity index (χ4v) is 11.6. The molecule has 0 radical (unpaired) electrons. The number of phosphoric acid groups is 1. The van der Waals surface area contributed by atoms with Crippen LogP contribution in [0, 0.1) is 0 Å². The van der Waals surface area contributed by atoms with Crippen LogP contribution >= 0.6 is 7.82 Å². The van der Waals surface area contributed by atoms with Gasteiger partial charge in [0.25, 0.3) is 0 Å². The number of carbonyl (C=O) groups is 1. The highest BCUT2D eigenvalue weighted by atomic mass is 31.2. The number of nitrogens with zero attached hydrogens (tertiary/aromatic N) is 1. The van der Waals surface area contributed by atoms with Crippen LogP contribution in [0.25, 0.3) is 0 Å². The maximum Gasteiger partial charge on any atom is 0.472 e. The largest absolute Gasteiger partial charge is 0.472 e. The average molecular weight is 1110 g/mol. The van der Waals surface area contributed by atoms with Gasteiger partial charge < -0.3 is 19.8 Å². The zero-order valence-corrected chi connectivity index (χ0v) is 53.6. The minimum Gasteiger partial charge on any atom is -0.387 e. The van der Waals surface area contributed by atoms with Crippen LogP contribution in [0.5, 0.6) is 0 Å². The smallest absolute Gasteiger partial charge is 0.387 e. The first-order valence-electron chi connectivity index (χ1n) is 34.6. The van der Waals surface area contributed by atoms with Crippen molar-refractivity contribution in [1.82, 2.24) is 5.32 Å². The highest BCUT2D eigenvalue weighted by Gasteiger charge is 2.28. The molecule has 8 nitrogen and oxygen atoms in total. The summed E-state index contributed by atoms with van der Waals surface area (Å²) in [7, 11) is 1.60. The average Bonchev–Trinajstić information content (AvgIpc) is 3.39. The Bertz CT molecular complexity index is 1260. The normalized spacial score (nSPS) is 13.7. The SMILES string of the molecule is CCCCCCCCCCCCCCCCCCCCCCCCCCC/C=C/C(O)C(COP(=O)(O)OCC[N+](C)(C)C)NC(=O)CCCCCCCCCCCCCCCCCCCCCCCCCCCCCC. The van der Waals surface area contributed by atoms with Gasteiger partial charge in [-0.2, -0.15) is 0 Å². The van der Waals surface area contributed by atoms with Crippen LogP contribution in [0.15, 0.2) is 12.2 Å². The number of carbonyl (C=O) groups excluding carboxylic acids is 1. The standard InChI is InChI=1S/C68H137N2O6P/c1-6-8-10-12-14-16-18-20-22-24-26-28-30-32-34-36-38-40-42-44-46-48-50-52-54-56-58-60-62-68(72)69-66(65-76-77(73,74)75-64-63-70(3,4)5)67(71)61-59-57-55-53-51-49-47-45-43-41-39-37-35-33-31-29-27-25-23-21-19-17-15-13-11-9-7-2/h59,61,66-67,71H,6-58,60,62-65H2,1-5H3,(H-,69,72,73,74)/p+1/b61-59+. The fourth-order valence-electron chi connectivity index (χ4n) is 10.9. The van der Waals surface area contributed by atoms with Gasteiger partial charge in [-0.3, -0.25) is 13.8 Å². The number of amides is 1. The Hall–Kier alpha value is -0.760. The number of phosphoric ester groups is 1. The van der Waals surface area contributed by atoms with E-state index in [-0.39, 0.29) is 19.1 Å². The topological polar surface area (TPSA) is 105 Å². The van der Waals surface area contributed by atoms with Crippen molar-refractivity contribution >= 4 is 13.7 Å². The van der Waals surface area contributed by atoms with E-state index in [1.807, 2.05) is 27.2 Å². The van der Waals surface area contributed by atoms with E-state index in [4.69, 9.17) is 9.05 Å². The van der Waals surface area contributed by atoms with Gasteiger partial charge in [-0.1, -0.05) is 353 Å². The zero-order valence-electron chi connectivity index (χ0n) is 52.7. The molecule has 9 heteroatoms. The van der Waals surface area contributed by atoms with E-state index in [9.17, 15) is 19.4 Å². The Labute approximate surface area is 482 Å². The summed E-state index contributed by atoms with van der Waals surface area (Å²) in [6.07, 6.45) is 76.4. The third kappa shape index (κ3) is 62.7. The van der Waals surface area contributed by atoms with Crippen molar-refractivity contribution in [3.8, 4) is 0 Å². The molecule has 0 aliphatic carbocycles. The van der Waals surface area contributed by atoms with Crippen LogP contribution in [0.2, 0.25) is 0 Å². The molecule has 3 atom stereocenters. The predicted molar refractivity (Wildman–Crippen MR) is 337 cm³/mol. The van der Waals surface area contributed by atoms with Crippen molar-refractivity contribution in [3.05, 3.63) is 12.2 Å². The van der Waals surface area contributed by atoms with Crippen molar-refractivity contribution in [2.75, 3.05) is 40.9 Å². The fraction of sp³-hybridized carbons (Fsp3) is 0.956. The van der Waals surface area contributed by atoms with Crippen LogP contribution < -0.4 is 5.32 Å². The first-order chi connectivity index (χ1) is 37.5. The van der Waals surface area contributed by atoms with Crippen LogP contribution in [0.3, 0.4) is 0 Å². The van der Waals surface area contributed by atoms with E-state index in [0.717, 1.165) is 32.1 Å². The van der Waals surface area contributed by atoms with Gasteiger partial charge in [-0.15, -0.1) is 0 Å². The Morgan fingerprint density at radius 3 is 0.961 bits per heavy atom. The van der Waals surface area contributed by atoms with Crippen LogP contribution in [-0.2, 0) is 18.4 Å². The second kappa shape index (κ2) is 59.8. The lowest BCUT2D eigenvalue weighted by molar-refractivity contribution is -0.870. The summed E-state index contributed by atoms with van der Waals surface area (Å²) in [6.45, 7) is 4.89. The molecule has 1 amide bonds. The molecule has 3 N–H and O–H groups in total. The summed E-state index contributed by atoms with van der Waals surface area (Å²) >= 11 is 0. The number of unbranched alkanes of at least 4 members (excludes halogenated alkanes) is 52. The van der Waals surface area contributed by atoms with Gasteiger partial charge in [0.2, 0.25) is 5.91 Å². The second-order valence-electron chi connectivity index (χ2n) is 25.3. The van der Waals surface area contributed by atoms with E-state index in [0.29, 0.717) is 17.4 Å². The van der Waals surface area contributed by atoms with Crippen molar-refractivity contribution < 1.29 is 32.9 Å². The Kier molecular flexibility index (Phi) is 59.3. The lowest BCUT2D eigenvalue weighted by Crippen LogP contribution is -2.45. The van der Waals surface area contributed by atoms with E-state index >= 15 is 0 Å². The monoisotopic (exact) mass is 1110 g/mol. The summed E-state index contributed by atoms with van der Waals surface area (Å²) in [5, 5.41) is 14.0. The molecule has 0 aliphatic rings. The molecular weight excluding hydrogens is 972 g/mol.